The topological polar surface area (TPSA) is 59.8 Å². The van der Waals surface area contributed by atoms with E-state index in [0.29, 0.717) is 8.92 Å². The van der Waals surface area contributed by atoms with Crippen molar-refractivity contribution in [3.8, 4) is 0 Å². The van der Waals surface area contributed by atoms with Crippen LogP contribution in [0.15, 0.2) is 9.98 Å². The van der Waals surface area contributed by atoms with Gasteiger partial charge in [-0.25, -0.2) is 4.98 Å². The van der Waals surface area contributed by atoms with Crippen LogP contribution in [0.2, 0.25) is 5.02 Å². The minimum Gasteiger partial charge on any atom is -0.300 e. The fourth-order valence-electron chi connectivity index (χ4n) is 1.69. The SMILES string of the molecule is Cc1c(Cl)c(C(F)(F)F)nn1C(C)C(=O)Nc1ncc(Br)s1. The number of alkyl halides is 3. The van der Waals surface area contributed by atoms with Crippen molar-refractivity contribution in [3.63, 3.8) is 0 Å². The molecule has 22 heavy (non-hydrogen) atoms. The van der Waals surface area contributed by atoms with Gasteiger partial charge in [-0.05, 0) is 29.8 Å². The second-order valence-corrected chi connectivity index (χ2v) is 7.11. The molecule has 2 rings (SSSR count). The van der Waals surface area contributed by atoms with Crippen LogP contribution in [0, 0.1) is 6.92 Å². The summed E-state index contributed by atoms with van der Waals surface area (Å²) in [7, 11) is 0. The molecule has 120 valence electrons. The third kappa shape index (κ3) is 3.44. The lowest BCUT2D eigenvalue weighted by Crippen LogP contribution is -2.25. The number of anilines is 1. The fourth-order valence-corrected chi connectivity index (χ4v) is 3.03. The third-order valence-corrected chi connectivity index (χ3v) is 4.64. The molecule has 0 bridgehead atoms. The molecular weight excluding hydrogens is 409 g/mol. The van der Waals surface area contributed by atoms with Crippen molar-refractivity contribution in [3.05, 3.63) is 26.4 Å². The molecule has 2 aromatic heterocycles. The number of hydrogen-bond donors (Lipinski definition) is 1. The Morgan fingerprint density at radius 2 is 2.18 bits per heavy atom. The molecule has 0 spiro atoms. The molecule has 1 amide bonds. The highest BCUT2D eigenvalue weighted by Crippen LogP contribution is 2.36. The number of amides is 1. The summed E-state index contributed by atoms with van der Waals surface area (Å²) in [6.45, 7) is 2.79. The summed E-state index contributed by atoms with van der Waals surface area (Å²) in [5.41, 5.74) is -1.14. The number of carbonyl (C=O) groups excluding carboxylic acids is 1. The average Bonchev–Trinajstić information content (AvgIpc) is 2.93. The maximum atomic E-state index is 12.8. The summed E-state index contributed by atoms with van der Waals surface area (Å²) < 4.78 is 40.0. The van der Waals surface area contributed by atoms with Crippen molar-refractivity contribution in [1.82, 2.24) is 14.8 Å². The summed E-state index contributed by atoms with van der Waals surface area (Å²) in [4.78, 5) is 16.0. The van der Waals surface area contributed by atoms with Gasteiger partial charge in [0.1, 0.15) is 6.04 Å². The van der Waals surface area contributed by atoms with E-state index >= 15 is 0 Å². The van der Waals surface area contributed by atoms with Crippen LogP contribution in [0.1, 0.15) is 24.4 Å². The van der Waals surface area contributed by atoms with Crippen LogP contribution in [0.4, 0.5) is 18.3 Å². The van der Waals surface area contributed by atoms with Gasteiger partial charge in [0.05, 0.1) is 20.7 Å². The standard InChI is InChI=1S/C11H9BrClF3N4OS/c1-4-7(13)8(11(14,15)16)19-20(4)5(2)9(21)18-10-17-3-6(12)22-10/h3,5H,1-2H3,(H,17,18,21). The summed E-state index contributed by atoms with van der Waals surface area (Å²) >= 11 is 10.0. The van der Waals surface area contributed by atoms with E-state index in [2.05, 4.69) is 31.3 Å². The van der Waals surface area contributed by atoms with Crippen LogP contribution in [0.25, 0.3) is 0 Å². The monoisotopic (exact) mass is 416 g/mol. The van der Waals surface area contributed by atoms with E-state index in [1.165, 1.54) is 31.4 Å². The van der Waals surface area contributed by atoms with Crippen LogP contribution in [-0.2, 0) is 11.0 Å². The number of thiazole rings is 1. The Morgan fingerprint density at radius 3 is 2.64 bits per heavy atom. The molecule has 0 radical (unpaired) electrons. The first-order chi connectivity index (χ1) is 10.1. The maximum absolute atomic E-state index is 12.8. The van der Waals surface area contributed by atoms with E-state index in [1.807, 2.05) is 0 Å². The summed E-state index contributed by atoms with van der Waals surface area (Å²) in [6.07, 6.45) is -3.17. The molecule has 1 unspecified atom stereocenters. The normalized spacial score (nSPS) is 13.2. The van der Waals surface area contributed by atoms with Gasteiger partial charge >= 0.3 is 6.18 Å². The minimum absolute atomic E-state index is 0.0666. The molecule has 2 heterocycles. The Morgan fingerprint density at radius 1 is 1.55 bits per heavy atom. The van der Waals surface area contributed by atoms with E-state index in [0.717, 1.165) is 4.68 Å². The van der Waals surface area contributed by atoms with Gasteiger partial charge in [0, 0.05) is 0 Å². The molecular formula is C11H9BrClF3N4OS. The van der Waals surface area contributed by atoms with Crippen molar-refractivity contribution in [2.24, 2.45) is 0 Å². The molecule has 0 saturated carbocycles. The number of carbonyl (C=O) groups is 1. The highest BCUT2D eigenvalue weighted by atomic mass is 79.9. The lowest BCUT2D eigenvalue weighted by Gasteiger charge is -2.13. The smallest absolute Gasteiger partial charge is 0.300 e. The van der Waals surface area contributed by atoms with Crippen LogP contribution in [0.5, 0.6) is 0 Å². The van der Waals surface area contributed by atoms with Crippen molar-refractivity contribution < 1.29 is 18.0 Å². The lowest BCUT2D eigenvalue weighted by molar-refractivity contribution is -0.141. The molecule has 0 fully saturated rings. The molecule has 0 aliphatic carbocycles. The van der Waals surface area contributed by atoms with Crippen LogP contribution >= 0.6 is 38.9 Å². The molecule has 0 aliphatic heterocycles. The van der Waals surface area contributed by atoms with Gasteiger partial charge in [0.15, 0.2) is 10.8 Å². The van der Waals surface area contributed by atoms with Gasteiger partial charge in [-0.3, -0.25) is 9.48 Å². The highest BCUT2D eigenvalue weighted by molar-refractivity contribution is 9.11. The lowest BCUT2D eigenvalue weighted by atomic mass is 10.3. The zero-order valence-corrected chi connectivity index (χ0v) is 14.4. The first kappa shape index (κ1) is 17.2. The Balaban J connectivity index is 2.25. The largest absolute Gasteiger partial charge is 0.436 e. The fraction of sp³-hybridized carbons (Fsp3) is 0.364. The van der Waals surface area contributed by atoms with Gasteiger partial charge < -0.3 is 5.32 Å². The molecule has 1 N–H and O–H groups in total. The molecule has 0 aliphatic rings. The number of aromatic nitrogens is 3. The average molecular weight is 418 g/mol. The minimum atomic E-state index is -4.68. The quantitative estimate of drug-likeness (QED) is 0.811. The molecule has 11 heteroatoms. The molecule has 0 saturated heterocycles. The molecule has 1 atom stereocenters. The van der Waals surface area contributed by atoms with Gasteiger partial charge in [-0.1, -0.05) is 22.9 Å². The van der Waals surface area contributed by atoms with Crippen molar-refractivity contribution in [2.45, 2.75) is 26.1 Å². The Hall–Kier alpha value is -1.13. The number of nitrogens with one attached hydrogen (secondary N) is 1. The zero-order chi connectivity index (χ0) is 16.7. The second-order valence-electron chi connectivity index (χ2n) is 4.33. The number of nitrogens with zero attached hydrogens (tertiary/aromatic N) is 3. The van der Waals surface area contributed by atoms with Gasteiger partial charge in [-0.15, -0.1) is 0 Å². The van der Waals surface area contributed by atoms with Gasteiger partial charge in [0.25, 0.3) is 5.91 Å². The molecule has 0 aromatic carbocycles. The van der Waals surface area contributed by atoms with Crippen molar-refractivity contribution in [1.29, 1.82) is 0 Å². The van der Waals surface area contributed by atoms with Crippen molar-refractivity contribution in [2.75, 3.05) is 5.32 Å². The number of halogens is 5. The van der Waals surface area contributed by atoms with E-state index in [4.69, 9.17) is 11.6 Å². The molecule has 2 aromatic rings. The van der Waals surface area contributed by atoms with E-state index in [9.17, 15) is 18.0 Å². The summed E-state index contributed by atoms with van der Waals surface area (Å²) in [5.74, 6) is -0.544. The zero-order valence-electron chi connectivity index (χ0n) is 11.2. The van der Waals surface area contributed by atoms with E-state index in [-0.39, 0.29) is 5.69 Å². The van der Waals surface area contributed by atoms with Crippen LogP contribution in [0.3, 0.4) is 0 Å². The molecule has 5 nitrogen and oxygen atoms in total. The summed E-state index contributed by atoms with van der Waals surface area (Å²) in [5, 5.41) is 5.75. The van der Waals surface area contributed by atoms with Crippen LogP contribution in [-0.4, -0.2) is 20.7 Å². The predicted octanol–water partition coefficient (Wildman–Crippen LogP) is 4.28. The highest BCUT2D eigenvalue weighted by Gasteiger charge is 2.39. The predicted molar refractivity (Wildman–Crippen MR) is 80.1 cm³/mol. The Labute approximate surface area is 140 Å². The van der Waals surface area contributed by atoms with Crippen molar-refractivity contribution >= 4 is 49.9 Å². The van der Waals surface area contributed by atoms with E-state index in [1.54, 1.807) is 0 Å². The number of hydrogen-bond acceptors (Lipinski definition) is 4. The first-order valence-electron chi connectivity index (χ1n) is 5.85. The van der Waals surface area contributed by atoms with Gasteiger partial charge in [-0.2, -0.15) is 18.3 Å². The second kappa shape index (κ2) is 6.17. The van der Waals surface area contributed by atoms with Crippen LogP contribution < -0.4 is 5.32 Å². The third-order valence-electron chi connectivity index (χ3n) is 2.80. The van der Waals surface area contributed by atoms with Gasteiger partial charge in [0.2, 0.25) is 0 Å². The summed E-state index contributed by atoms with van der Waals surface area (Å²) in [6, 6.07) is -0.976. The first-order valence-corrected chi connectivity index (χ1v) is 7.84. The maximum Gasteiger partial charge on any atom is 0.436 e. The van der Waals surface area contributed by atoms with E-state index < -0.39 is 28.8 Å². The number of rotatable bonds is 3. The Kier molecular flexibility index (Phi) is 4.83. The Bertz CT molecular complexity index is 715.